The van der Waals surface area contributed by atoms with Crippen molar-refractivity contribution in [1.82, 2.24) is 10.2 Å². The monoisotopic (exact) mass is 606 g/mol. The molecule has 0 aliphatic carbocycles. The molecule has 2 amide bonds. The van der Waals surface area contributed by atoms with Gasteiger partial charge in [-0.15, -0.1) is 0 Å². The Labute approximate surface area is 242 Å². The molecule has 1 N–H and O–H groups in total. The fraction of sp³-hybridized carbons (Fsp3) is 0.259. The van der Waals surface area contributed by atoms with Crippen LogP contribution in [-0.2, 0) is 32.6 Å². The molecule has 0 unspecified atom stereocenters. The van der Waals surface area contributed by atoms with Gasteiger partial charge >= 0.3 is 0 Å². The molecule has 40 heavy (non-hydrogen) atoms. The van der Waals surface area contributed by atoms with E-state index in [1.165, 1.54) is 23.1 Å². The molecule has 0 aromatic heterocycles. The van der Waals surface area contributed by atoms with Crippen LogP contribution in [0.2, 0.25) is 10.0 Å². The predicted octanol–water partition coefficient (Wildman–Crippen LogP) is 4.44. The number of sulfonamides is 1. The number of nitrogens with zero attached hydrogens (tertiary/aromatic N) is 3. The number of amides is 2. The molecule has 1 atom stereocenters. The van der Waals surface area contributed by atoms with Crippen molar-refractivity contribution in [2.24, 2.45) is 0 Å². The van der Waals surface area contributed by atoms with E-state index in [2.05, 4.69) is 5.32 Å². The summed E-state index contributed by atoms with van der Waals surface area (Å²) in [7, 11) is -4.07. The Morgan fingerprint density at radius 3 is 2.27 bits per heavy atom. The summed E-state index contributed by atoms with van der Waals surface area (Å²) in [4.78, 5) is 39.2. The van der Waals surface area contributed by atoms with Crippen LogP contribution in [0.1, 0.15) is 18.1 Å². The normalized spacial score (nSPS) is 11.9. The maximum atomic E-state index is 13.9. The van der Waals surface area contributed by atoms with E-state index < -0.39 is 39.3 Å². The highest BCUT2D eigenvalue weighted by Gasteiger charge is 2.33. The number of halogens is 2. The van der Waals surface area contributed by atoms with Crippen molar-refractivity contribution >= 4 is 56.4 Å². The van der Waals surface area contributed by atoms with Crippen LogP contribution >= 0.6 is 23.2 Å². The van der Waals surface area contributed by atoms with Crippen LogP contribution in [0.15, 0.2) is 72.8 Å². The average molecular weight is 608 g/mol. The Kier molecular flexibility index (Phi) is 10.5. The maximum absolute atomic E-state index is 13.9. The van der Waals surface area contributed by atoms with Crippen LogP contribution in [0.4, 0.5) is 11.4 Å². The second kappa shape index (κ2) is 13.6. The number of nitro groups is 1. The molecule has 0 heterocycles. The lowest BCUT2D eigenvalue weighted by molar-refractivity contribution is -0.384. The van der Waals surface area contributed by atoms with Gasteiger partial charge in [0, 0.05) is 31.6 Å². The van der Waals surface area contributed by atoms with Crippen molar-refractivity contribution in [2.75, 3.05) is 23.7 Å². The average Bonchev–Trinajstić information content (AvgIpc) is 2.91. The third kappa shape index (κ3) is 8.17. The number of likely N-dealkylation sites (N-methyl/N-ethyl adjacent to an activating group) is 1. The van der Waals surface area contributed by atoms with Crippen molar-refractivity contribution in [3.63, 3.8) is 0 Å². The molecule has 3 aromatic rings. The summed E-state index contributed by atoms with van der Waals surface area (Å²) in [6.07, 6.45) is 1.04. The first-order chi connectivity index (χ1) is 18.9. The van der Waals surface area contributed by atoms with Crippen LogP contribution < -0.4 is 9.62 Å². The van der Waals surface area contributed by atoms with Gasteiger partial charge in [-0.25, -0.2) is 8.42 Å². The Hall–Kier alpha value is -3.67. The van der Waals surface area contributed by atoms with Gasteiger partial charge < -0.3 is 10.2 Å². The first-order valence-electron chi connectivity index (χ1n) is 12.2. The van der Waals surface area contributed by atoms with Crippen molar-refractivity contribution < 1.29 is 22.9 Å². The molecule has 0 saturated heterocycles. The zero-order valence-electron chi connectivity index (χ0n) is 21.8. The van der Waals surface area contributed by atoms with Crippen molar-refractivity contribution in [3.05, 3.63) is 104 Å². The topological polar surface area (TPSA) is 130 Å². The highest BCUT2D eigenvalue weighted by molar-refractivity contribution is 7.92. The molecule has 0 aliphatic heterocycles. The first-order valence-corrected chi connectivity index (χ1v) is 14.8. The van der Waals surface area contributed by atoms with E-state index in [1.54, 1.807) is 25.1 Å². The molecule has 0 radical (unpaired) electrons. The Morgan fingerprint density at radius 1 is 0.975 bits per heavy atom. The number of hydrogen-bond donors (Lipinski definition) is 1. The number of carbonyl (C=O) groups is 2. The van der Waals surface area contributed by atoms with E-state index in [0.29, 0.717) is 17.1 Å². The highest BCUT2D eigenvalue weighted by Crippen LogP contribution is 2.26. The summed E-state index contributed by atoms with van der Waals surface area (Å²) in [5, 5.41) is 14.6. The molecule has 212 valence electrons. The zero-order chi connectivity index (χ0) is 29.4. The first kappa shape index (κ1) is 30.9. The molecule has 0 spiro atoms. The number of hydrogen-bond acceptors (Lipinski definition) is 6. The Bertz CT molecular complexity index is 1490. The van der Waals surface area contributed by atoms with E-state index in [-0.39, 0.29) is 29.4 Å². The number of rotatable bonds is 12. The summed E-state index contributed by atoms with van der Waals surface area (Å²) in [6, 6.07) is 17.8. The quantitative estimate of drug-likeness (QED) is 0.239. The number of non-ortho nitro benzene ring substituents is 1. The van der Waals surface area contributed by atoms with E-state index in [1.807, 2.05) is 30.3 Å². The highest BCUT2D eigenvalue weighted by atomic mass is 35.5. The third-order valence-corrected chi connectivity index (χ3v) is 7.85. The fourth-order valence-corrected chi connectivity index (χ4v) is 5.22. The van der Waals surface area contributed by atoms with Crippen LogP contribution in [0.5, 0.6) is 0 Å². The van der Waals surface area contributed by atoms with E-state index in [9.17, 15) is 28.1 Å². The minimum Gasteiger partial charge on any atom is -0.355 e. The van der Waals surface area contributed by atoms with Crippen LogP contribution in [0.25, 0.3) is 0 Å². The van der Waals surface area contributed by atoms with Crippen LogP contribution in [-0.4, -0.2) is 55.4 Å². The third-order valence-electron chi connectivity index (χ3n) is 5.97. The van der Waals surface area contributed by atoms with Crippen molar-refractivity contribution in [1.29, 1.82) is 0 Å². The summed E-state index contributed by atoms with van der Waals surface area (Å²) in [6.45, 7) is 1.27. The van der Waals surface area contributed by atoms with E-state index >= 15 is 0 Å². The van der Waals surface area contributed by atoms with E-state index in [0.717, 1.165) is 22.2 Å². The van der Waals surface area contributed by atoms with Gasteiger partial charge in [-0.2, -0.15) is 0 Å². The summed E-state index contributed by atoms with van der Waals surface area (Å²) < 4.78 is 26.3. The number of nitro benzene ring substituents is 1. The second-order valence-electron chi connectivity index (χ2n) is 8.92. The van der Waals surface area contributed by atoms with Gasteiger partial charge in [-0.3, -0.25) is 24.0 Å². The summed E-state index contributed by atoms with van der Waals surface area (Å²) >= 11 is 12.3. The van der Waals surface area contributed by atoms with Crippen molar-refractivity contribution in [2.45, 2.75) is 25.9 Å². The van der Waals surface area contributed by atoms with Gasteiger partial charge in [0.25, 0.3) is 5.69 Å². The minimum absolute atomic E-state index is 0.0582. The number of anilines is 1. The van der Waals surface area contributed by atoms with Gasteiger partial charge in [-0.05, 0) is 36.2 Å². The lowest BCUT2D eigenvalue weighted by Crippen LogP contribution is -2.53. The summed E-state index contributed by atoms with van der Waals surface area (Å²) in [5.74, 6) is -1.13. The molecule has 3 rings (SSSR count). The molecule has 13 heteroatoms. The Morgan fingerprint density at radius 2 is 1.68 bits per heavy atom. The molecular formula is C27H28Cl2N4O6S. The standard InChI is InChI=1S/C27H28Cl2N4O6S/c1-3-30-27(35)25(15-19-8-5-4-6-9-19)31(17-20-12-13-23(28)24(29)14-20)26(34)18-32(40(2,38)39)21-10-7-11-22(16-21)33(36)37/h4-14,16,25H,3,15,17-18H2,1-2H3,(H,30,35)/t25-/m1/s1. The van der Waals surface area contributed by atoms with Crippen LogP contribution in [0.3, 0.4) is 0 Å². The number of nitrogens with one attached hydrogen (secondary N) is 1. The van der Waals surface area contributed by atoms with Gasteiger partial charge in [-0.1, -0.05) is 65.7 Å². The van der Waals surface area contributed by atoms with Gasteiger partial charge in [0.15, 0.2) is 0 Å². The van der Waals surface area contributed by atoms with Gasteiger partial charge in [0.2, 0.25) is 21.8 Å². The molecule has 0 aliphatic rings. The lowest BCUT2D eigenvalue weighted by atomic mass is 10.0. The van der Waals surface area contributed by atoms with Gasteiger partial charge in [0.1, 0.15) is 12.6 Å². The van der Waals surface area contributed by atoms with Gasteiger partial charge in [0.05, 0.1) is 26.9 Å². The molecule has 0 fully saturated rings. The molecule has 3 aromatic carbocycles. The van der Waals surface area contributed by atoms with Crippen LogP contribution in [0, 0.1) is 10.1 Å². The smallest absolute Gasteiger partial charge is 0.271 e. The molecule has 10 nitrogen and oxygen atoms in total. The number of carbonyl (C=O) groups excluding carboxylic acids is 2. The maximum Gasteiger partial charge on any atom is 0.271 e. The Balaban J connectivity index is 2.07. The molecule has 0 saturated carbocycles. The molecule has 0 bridgehead atoms. The minimum atomic E-state index is -4.07. The number of benzene rings is 3. The van der Waals surface area contributed by atoms with E-state index in [4.69, 9.17) is 23.2 Å². The summed E-state index contributed by atoms with van der Waals surface area (Å²) in [5.41, 5.74) is 0.948. The SMILES string of the molecule is CCNC(=O)[C@@H](Cc1ccccc1)N(Cc1ccc(Cl)c(Cl)c1)C(=O)CN(c1cccc([N+](=O)[O-])c1)S(C)(=O)=O. The zero-order valence-corrected chi connectivity index (χ0v) is 24.1. The largest absolute Gasteiger partial charge is 0.355 e. The lowest BCUT2D eigenvalue weighted by Gasteiger charge is -2.33. The molecular weight excluding hydrogens is 579 g/mol. The second-order valence-corrected chi connectivity index (χ2v) is 11.6. The predicted molar refractivity (Wildman–Crippen MR) is 155 cm³/mol. The van der Waals surface area contributed by atoms with Crippen molar-refractivity contribution in [3.8, 4) is 0 Å². The fourth-order valence-electron chi connectivity index (χ4n) is 4.06.